The van der Waals surface area contributed by atoms with Crippen LogP contribution in [-0.4, -0.2) is 43.7 Å². The third-order valence-electron chi connectivity index (χ3n) is 1.87. The monoisotopic (exact) mass is 205 g/mol. The normalized spacial score (nSPS) is 15.4. The van der Waals surface area contributed by atoms with E-state index >= 15 is 0 Å². The average molecular weight is 205 g/mol. The molecule has 14 heavy (non-hydrogen) atoms. The van der Waals surface area contributed by atoms with Gasteiger partial charge in [0.1, 0.15) is 0 Å². The van der Waals surface area contributed by atoms with Crippen molar-refractivity contribution < 1.29 is 14.6 Å². The van der Waals surface area contributed by atoms with Crippen LogP contribution in [0.1, 0.15) is 26.7 Å². The SMILES string of the molecule is CCCCOCCOCC(C)(O)CN. The Labute approximate surface area is 86.4 Å². The minimum absolute atomic E-state index is 0.212. The Morgan fingerprint density at radius 1 is 1.21 bits per heavy atom. The molecule has 0 aliphatic heterocycles. The summed E-state index contributed by atoms with van der Waals surface area (Å²) >= 11 is 0. The van der Waals surface area contributed by atoms with E-state index in [1.165, 1.54) is 0 Å². The fourth-order valence-corrected chi connectivity index (χ4v) is 0.817. The Hall–Kier alpha value is -0.160. The van der Waals surface area contributed by atoms with E-state index in [1.807, 2.05) is 0 Å². The lowest BCUT2D eigenvalue weighted by Crippen LogP contribution is -2.39. The molecule has 0 rings (SSSR count). The first-order valence-electron chi connectivity index (χ1n) is 5.20. The highest BCUT2D eigenvalue weighted by molar-refractivity contribution is 4.71. The Balaban J connectivity index is 3.13. The van der Waals surface area contributed by atoms with Gasteiger partial charge in [0.25, 0.3) is 0 Å². The molecule has 1 unspecified atom stereocenters. The first-order valence-corrected chi connectivity index (χ1v) is 5.20. The van der Waals surface area contributed by atoms with E-state index in [9.17, 15) is 5.11 Å². The highest BCUT2D eigenvalue weighted by Crippen LogP contribution is 2.00. The van der Waals surface area contributed by atoms with Crippen molar-refractivity contribution in [2.45, 2.75) is 32.3 Å². The highest BCUT2D eigenvalue weighted by Gasteiger charge is 2.17. The summed E-state index contributed by atoms with van der Waals surface area (Å²) in [6.45, 7) is 6.14. The molecule has 0 saturated heterocycles. The molecule has 0 aliphatic rings. The van der Waals surface area contributed by atoms with Crippen molar-refractivity contribution in [1.29, 1.82) is 0 Å². The summed E-state index contributed by atoms with van der Waals surface area (Å²) in [4.78, 5) is 0. The Kier molecular flexibility index (Phi) is 8.08. The van der Waals surface area contributed by atoms with Crippen LogP contribution in [0.4, 0.5) is 0 Å². The third-order valence-corrected chi connectivity index (χ3v) is 1.87. The predicted molar refractivity (Wildman–Crippen MR) is 56.2 cm³/mol. The van der Waals surface area contributed by atoms with Gasteiger partial charge in [-0.2, -0.15) is 0 Å². The Morgan fingerprint density at radius 3 is 2.43 bits per heavy atom. The van der Waals surface area contributed by atoms with Gasteiger partial charge in [0, 0.05) is 13.2 Å². The van der Waals surface area contributed by atoms with Gasteiger partial charge >= 0.3 is 0 Å². The van der Waals surface area contributed by atoms with Gasteiger partial charge in [0.2, 0.25) is 0 Å². The number of hydrogen-bond donors (Lipinski definition) is 2. The van der Waals surface area contributed by atoms with Gasteiger partial charge in [0.05, 0.1) is 25.4 Å². The van der Waals surface area contributed by atoms with Crippen LogP contribution < -0.4 is 5.73 Å². The molecule has 0 aromatic rings. The van der Waals surface area contributed by atoms with Crippen molar-refractivity contribution in [2.24, 2.45) is 5.73 Å². The molecule has 0 saturated carbocycles. The molecule has 1 atom stereocenters. The summed E-state index contributed by atoms with van der Waals surface area (Å²) in [7, 11) is 0. The second-order valence-electron chi connectivity index (χ2n) is 3.72. The van der Waals surface area contributed by atoms with Gasteiger partial charge < -0.3 is 20.3 Å². The molecule has 4 nitrogen and oxygen atoms in total. The van der Waals surface area contributed by atoms with Gasteiger partial charge in [-0.05, 0) is 13.3 Å². The number of nitrogens with two attached hydrogens (primary N) is 1. The van der Waals surface area contributed by atoms with E-state index in [1.54, 1.807) is 6.92 Å². The van der Waals surface area contributed by atoms with Crippen molar-refractivity contribution in [1.82, 2.24) is 0 Å². The first-order chi connectivity index (χ1) is 6.62. The summed E-state index contributed by atoms with van der Waals surface area (Å²) in [5, 5.41) is 9.47. The van der Waals surface area contributed by atoms with Gasteiger partial charge in [0.15, 0.2) is 0 Å². The van der Waals surface area contributed by atoms with Crippen LogP contribution in [0.3, 0.4) is 0 Å². The van der Waals surface area contributed by atoms with Crippen LogP contribution in [0.2, 0.25) is 0 Å². The van der Waals surface area contributed by atoms with Crippen LogP contribution in [0.25, 0.3) is 0 Å². The van der Waals surface area contributed by atoms with Crippen LogP contribution in [0.5, 0.6) is 0 Å². The van der Waals surface area contributed by atoms with Gasteiger partial charge in [-0.3, -0.25) is 0 Å². The minimum Gasteiger partial charge on any atom is -0.386 e. The van der Waals surface area contributed by atoms with Crippen LogP contribution in [0.15, 0.2) is 0 Å². The molecule has 3 N–H and O–H groups in total. The van der Waals surface area contributed by atoms with Crippen molar-refractivity contribution in [2.75, 3.05) is 33.0 Å². The molecule has 0 aromatic heterocycles. The zero-order chi connectivity index (χ0) is 10.9. The van der Waals surface area contributed by atoms with Gasteiger partial charge in [-0.25, -0.2) is 0 Å². The largest absolute Gasteiger partial charge is 0.386 e. The van der Waals surface area contributed by atoms with Crippen LogP contribution in [0, 0.1) is 0 Å². The lowest BCUT2D eigenvalue weighted by atomic mass is 10.1. The van der Waals surface area contributed by atoms with Crippen molar-refractivity contribution in [3.63, 3.8) is 0 Å². The molecule has 86 valence electrons. The average Bonchev–Trinajstić information content (AvgIpc) is 2.16. The quantitative estimate of drug-likeness (QED) is 0.539. The van der Waals surface area contributed by atoms with Crippen molar-refractivity contribution in [3.05, 3.63) is 0 Å². The van der Waals surface area contributed by atoms with E-state index in [4.69, 9.17) is 15.2 Å². The predicted octanol–water partition coefficient (Wildman–Crippen LogP) is 0.529. The minimum atomic E-state index is -0.913. The van der Waals surface area contributed by atoms with E-state index < -0.39 is 5.60 Å². The molecule has 4 heteroatoms. The summed E-state index contributed by atoms with van der Waals surface area (Å²) in [6, 6.07) is 0. The third kappa shape index (κ3) is 8.44. The highest BCUT2D eigenvalue weighted by atomic mass is 16.5. The van der Waals surface area contributed by atoms with Crippen LogP contribution >= 0.6 is 0 Å². The van der Waals surface area contributed by atoms with Gasteiger partial charge in [-0.1, -0.05) is 13.3 Å². The zero-order valence-electron chi connectivity index (χ0n) is 9.29. The molecule has 0 bridgehead atoms. The fraction of sp³-hybridized carbons (Fsp3) is 1.00. The maximum atomic E-state index is 9.47. The van der Waals surface area contributed by atoms with E-state index in [0.29, 0.717) is 13.2 Å². The number of aliphatic hydroxyl groups is 1. The number of rotatable bonds is 9. The first kappa shape index (κ1) is 13.8. The molecular weight excluding hydrogens is 182 g/mol. The maximum Gasteiger partial charge on any atom is 0.0973 e. The zero-order valence-corrected chi connectivity index (χ0v) is 9.29. The summed E-state index contributed by atoms with van der Waals surface area (Å²) < 4.78 is 10.5. The van der Waals surface area contributed by atoms with Gasteiger partial charge in [-0.15, -0.1) is 0 Å². The Morgan fingerprint density at radius 2 is 1.86 bits per heavy atom. The molecule has 0 aliphatic carbocycles. The smallest absolute Gasteiger partial charge is 0.0973 e. The second kappa shape index (κ2) is 8.17. The van der Waals surface area contributed by atoms with E-state index in [2.05, 4.69) is 6.92 Å². The summed E-state index contributed by atoms with van der Waals surface area (Å²) in [5.74, 6) is 0. The second-order valence-corrected chi connectivity index (χ2v) is 3.72. The molecule has 0 heterocycles. The number of hydrogen-bond acceptors (Lipinski definition) is 4. The van der Waals surface area contributed by atoms with Crippen molar-refractivity contribution in [3.8, 4) is 0 Å². The van der Waals surface area contributed by atoms with Crippen LogP contribution in [-0.2, 0) is 9.47 Å². The van der Waals surface area contributed by atoms with E-state index in [-0.39, 0.29) is 13.2 Å². The molecule has 0 fully saturated rings. The number of ether oxygens (including phenoxy) is 2. The van der Waals surface area contributed by atoms with E-state index in [0.717, 1.165) is 19.4 Å². The van der Waals surface area contributed by atoms with Crippen molar-refractivity contribution >= 4 is 0 Å². The number of unbranched alkanes of at least 4 members (excludes halogenated alkanes) is 1. The maximum absolute atomic E-state index is 9.47. The molecule has 0 aromatic carbocycles. The molecule has 0 amide bonds. The Bertz CT molecular complexity index is 129. The summed E-state index contributed by atoms with van der Waals surface area (Å²) in [6.07, 6.45) is 2.23. The fourth-order valence-electron chi connectivity index (χ4n) is 0.817. The standard InChI is InChI=1S/C10H23NO3/c1-3-4-5-13-6-7-14-9-10(2,12)8-11/h12H,3-9,11H2,1-2H3. The molecular formula is C10H23NO3. The molecule has 0 spiro atoms. The summed E-state index contributed by atoms with van der Waals surface area (Å²) in [5.41, 5.74) is 4.41. The molecule has 0 radical (unpaired) electrons. The lowest BCUT2D eigenvalue weighted by Gasteiger charge is -2.20. The topological polar surface area (TPSA) is 64.7 Å². The lowest BCUT2D eigenvalue weighted by molar-refractivity contribution is -0.0424.